The summed E-state index contributed by atoms with van der Waals surface area (Å²) in [4.78, 5) is 0. The van der Waals surface area contributed by atoms with Gasteiger partial charge in [0.1, 0.15) is 0 Å². The van der Waals surface area contributed by atoms with E-state index in [2.05, 4.69) is 32.7 Å². The largest absolute Gasteiger partial charge is 0.313 e. The van der Waals surface area contributed by atoms with Crippen LogP contribution in [0.2, 0.25) is 0 Å². The summed E-state index contributed by atoms with van der Waals surface area (Å²) in [5.41, 5.74) is 0. The van der Waals surface area contributed by atoms with Gasteiger partial charge in [-0.15, -0.1) is 6.58 Å². The van der Waals surface area contributed by atoms with Crippen molar-refractivity contribution in [3.63, 3.8) is 0 Å². The molecule has 1 heteroatoms. The Morgan fingerprint density at radius 1 is 1.40 bits per heavy atom. The first kappa shape index (κ1) is 12.8. The number of nitrogens with one attached hydrogen (secondary N) is 1. The van der Waals surface area contributed by atoms with Crippen LogP contribution in [0.1, 0.15) is 46.5 Å². The van der Waals surface area contributed by atoms with Gasteiger partial charge in [0.15, 0.2) is 0 Å². The predicted octanol–water partition coefficient (Wildman–Crippen LogP) is 3.61. The normalized spacial score (nSPS) is 31.9. The van der Waals surface area contributed by atoms with Gasteiger partial charge in [0.05, 0.1) is 0 Å². The van der Waals surface area contributed by atoms with Crippen molar-refractivity contribution in [2.45, 2.75) is 52.5 Å². The summed E-state index contributed by atoms with van der Waals surface area (Å²) in [6.07, 6.45) is 7.28. The molecule has 1 fully saturated rings. The maximum Gasteiger partial charge on any atom is 0.0100 e. The van der Waals surface area contributed by atoms with Crippen LogP contribution < -0.4 is 5.32 Å². The lowest BCUT2D eigenvalue weighted by Gasteiger charge is -2.38. The standard InChI is InChI=1S/C14H27N/c1-5-6-9-15-14-10-12(4)7-8-13(14)11(2)3/h5,11-15H,1,6-10H2,2-4H3. The van der Waals surface area contributed by atoms with Crippen molar-refractivity contribution < 1.29 is 0 Å². The Labute approximate surface area is 95.3 Å². The average Bonchev–Trinajstić information content (AvgIpc) is 2.18. The van der Waals surface area contributed by atoms with Crippen LogP contribution in [0.25, 0.3) is 0 Å². The van der Waals surface area contributed by atoms with E-state index in [0.717, 1.165) is 36.8 Å². The molecule has 0 saturated heterocycles. The van der Waals surface area contributed by atoms with Gasteiger partial charge in [-0.05, 0) is 43.6 Å². The van der Waals surface area contributed by atoms with Gasteiger partial charge in [0.2, 0.25) is 0 Å². The molecule has 0 amide bonds. The summed E-state index contributed by atoms with van der Waals surface area (Å²) >= 11 is 0. The zero-order chi connectivity index (χ0) is 11.3. The molecule has 1 saturated carbocycles. The number of hydrogen-bond acceptors (Lipinski definition) is 1. The Kier molecular flexibility index (Phi) is 5.38. The molecule has 0 heterocycles. The fourth-order valence-electron chi connectivity index (χ4n) is 2.81. The fourth-order valence-corrected chi connectivity index (χ4v) is 2.81. The van der Waals surface area contributed by atoms with E-state index in [0.29, 0.717) is 0 Å². The third-order valence-electron chi connectivity index (χ3n) is 3.78. The zero-order valence-corrected chi connectivity index (χ0v) is 10.6. The Balaban J connectivity index is 2.42. The first-order valence-electron chi connectivity index (χ1n) is 6.49. The molecule has 0 radical (unpaired) electrons. The van der Waals surface area contributed by atoms with Crippen LogP contribution in [0.5, 0.6) is 0 Å². The van der Waals surface area contributed by atoms with Crippen LogP contribution in [0.3, 0.4) is 0 Å². The molecule has 88 valence electrons. The van der Waals surface area contributed by atoms with Gasteiger partial charge in [-0.2, -0.15) is 0 Å². The van der Waals surface area contributed by atoms with Gasteiger partial charge in [-0.25, -0.2) is 0 Å². The highest BCUT2D eigenvalue weighted by Gasteiger charge is 2.29. The second-order valence-corrected chi connectivity index (χ2v) is 5.46. The van der Waals surface area contributed by atoms with E-state index in [4.69, 9.17) is 0 Å². The molecule has 1 aliphatic rings. The molecule has 15 heavy (non-hydrogen) atoms. The van der Waals surface area contributed by atoms with Crippen LogP contribution >= 0.6 is 0 Å². The summed E-state index contributed by atoms with van der Waals surface area (Å²) in [6, 6.07) is 0.744. The molecule has 0 aromatic rings. The molecule has 1 nitrogen and oxygen atoms in total. The summed E-state index contributed by atoms with van der Waals surface area (Å²) in [5, 5.41) is 3.71. The first-order chi connectivity index (χ1) is 7.15. The van der Waals surface area contributed by atoms with Gasteiger partial charge in [0, 0.05) is 6.04 Å². The number of hydrogen-bond donors (Lipinski definition) is 1. The Bertz CT molecular complexity index is 186. The Morgan fingerprint density at radius 2 is 2.13 bits per heavy atom. The van der Waals surface area contributed by atoms with E-state index in [1.165, 1.54) is 19.3 Å². The van der Waals surface area contributed by atoms with Crippen molar-refractivity contribution in [1.29, 1.82) is 0 Å². The molecule has 3 atom stereocenters. The van der Waals surface area contributed by atoms with Crippen molar-refractivity contribution in [2.75, 3.05) is 6.54 Å². The molecule has 0 aromatic carbocycles. The van der Waals surface area contributed by atoms with Crippen LogP contribution in [-0.2, 0) is 0 Å². The topological polar surface area (TPSA) is 12.0 Å². The van der Waals surface area contributed by atoms with Gasteiger partial charge in [0.25, 0.3) is 0 Å². The average molecular weight is 209 g/mol. The van der Waals surface area contributed by atoms with Crippen molar-refractivity contribution in [3.05, 3.63) is 12.7 Å². The molecule has 0 aliphatic heterocycles. The van der Waals surface area contributed by atoms with Crippen LogP contribution in [-0.4, -0.2) is 12.6 Å². The molecule has 1 rings (SSSR count). The minimum Gasteiger partial charge on any atom is -0.313 e. The third kappa shape index (κ3) is 3.98. The smallest absolute Gasteiger partial charge is 0.0100 e. The summed E-state index contributed by atoms with van der Waals surface area (Å²) < 4.78 is 0. The Hall–Kier alpha value is -0.300. The zero-order valence-electron chi connectivity index (χ0n) is 10.6. The van der Waals surface area contributed by atoms with Crippen LogP contribution in [0.4, 0.5) is 0 Å². The molecule has 0 spiro atoms. The van der Waals surface area contributed by atoms with E-state index < -0.39 is 0 Å². The van der Waals surface area contributed by atoms with E-state index in [1.807, 2.05) is 6.08 Å². The maximum atomic E-state index is 3.77. The van der Waals surface area contributed by atoms with Crippen molar-refractivity contribution in [2.24, 2.45) is 17.8 Å². The highest BCUT2D eigenvalue weighted by molar-refractivity contribution is 4.85. The molecular weight excluding hydrogens is 182 g/mol. The van der Waals surface area contributed by atoms with E-state index in [9.17, 15) is 0 Å². The third-order valence-corrected chi connectivity index (χ3v) is 3.78. The van der Waals surface area contributed by atoms with Gasteiger partial charge >= 0.3 is 0 Å². The minimum absolute atomic E-state index is 0.744. The summed E-state index contributed by atoms with van der Waals surface area (Å²) in [5.74, 6) is 2.60. The number of rotatable bonds is 5. The lowest BCUT2D eigenvalue weighted by molar-refractivity contribution is 0.171. The highest BCUT2D eigenvalue weighted by atomic mass is 14.9. The van der Waals surface area contributed by atoms with Gasteiger partial charge < -0.3 is 5.32 Å². The van der Waals surface area contributed by atoms with Crippen molar-refractivity contribution in [1.82, 2.24) is 5.32 Å². The quantitative estimate of drug-likeness (QED) is 0.539. The molecule has 3 unspecified atom stereocenters. The van der Waals surface area contributed by atoms with Crippen molar-refractivity contribution in [3.8, 4) is 0 Å². The summed E-state index contributed by atoms with van der Waals surface area (Å²) in [7, 11) is 0. The predicted molar refractivity (Wildman–Crippen MR) is 67.9 cm³/mol. The highest BCUT2D eigenvalue weighted by Crippen LogP contribution is 2.33. The Morgan fingerprint density at radius 3 is 2.73 bits per heavy atom. The van der Waals surface area contributed by atoms with E-state index >= 15 is 0 Å². The monoisotopic (exact) mass is 209 g/mol. The lowest BCUT2D eigenvalue weighted by atomic mass is 9.74. The molecule has 1 N–H and O–H groups in total. The minimum atomic E-state index is 0.744. The maximum absolute atomic E-state index is 3.77. The van der Waals surface area contributed by atoms with Crippen LogP contribution in [0.15, 0.2) is 12.7 Å². The van der Waals surface area contributed by atoms with Crippen LogP contribution in [0, 0.1) is 17.8 Å². The molecule has 0 aromatic heterocycles. The van der Waals surface area contributed by atoms with Gasteiger partial charge in [-0.3, -0.25) is 0 Å². The molecular formula is C14H27N. The second-order valence-electron chi connectivity index (χ2n) is 5.46. The molecule has 1 aliphatic carbocycles. The van der Waals surface area contributed by atoms with Gasteiger partial charge in [-0.1, -0.05) is 33.3 Å². The summed E-state index contributed by atoms with van der Waals surface area (Å²) in [6.45, 7) is 12.0. The van der Waals surface area contributed by atoms with Crippen molar-refractivity contribution >= 4 is 0 Å². The first-order valence-corrected chi connectivity index (χ1v) is 6.49. The second kappa shape index (κ2) is 6.32. The fraction of sp³-hybridized carbons (Fsp3) is 0.857. The van der Waals surface area contributed by atoms with E-state index in [-0.39, 0.29) is 0 Å². The SMILES string of the molecule is C=CCCNC1CC(C)CCC1C(C)C. The molecule has 0 bridgehead atoms. The van der Waals surface area contributed by atoms with E-state index in [1.54, 1.807) is 0 Å². The lowest BCUT2D eigenvalue weighted by Crippen LogP contribution is -2.43.